The molecule has 0 aromatic heterocycles. The second-order valence-electron chi connectivity index (χ2n) is 6.20. The lowest BCUT2D eigenvalue weighted by Gasteiger charge is -2.26. The zero-order valence-corrected chi connectivity index (χ0v) is 12.1. The van der Waals surface area contributed by atoms with E-state index in [9.17, 15) is 14.3 Å². The van der Waals surface area contributed by atoms with Gasteiger partial charge in [0.05, 0.1) is 0 Å². The number of aliphatic carboxylic acids is 1. The van der Waals surface area contributed by atoms with E-state index in [-0.39, 0.29) is 11.9 Å². The molecule has 0 saturated heterocycles. The van der Waals surface area contributed by atoms with E-state index < -0.39 is 11.5 Å². The van der Waals surface area contributed by atoms with Crippen LogP contribution in [-0.2, 0) is 4.79 Å². The Morgan fingerprint density at radius 2 is 2.19 bits per heavy atom. The molecule has 2 aliphatic rings. The fourth-order valence-corrected chi connectivity index (χ4v) is 2.95. The molecule has 0 heterocycles. The van der Waals surface area contributed by atoms with Crippen molar-refractivity contribution in [3.05, 3.63) is 29.6 Å². The highest BCUT2D eigenvalue weighted by atomic mass is 19.1. The highest BCUT2D eigenvalue weighted by molar-refractivity contribution is 5.79. The number of benzene rings is 1. The highest BCUT2D eigenvalue weighted by Gasteiger charge is 2.48. The summed E-state index contributed by atoms with van der Waals surface area (Å²) in [5.74, 6) is -0.641. The number of nitrogens with one attached hydrogen (secondary N) is 1. The molecular weight excluding hydrogens is 273 g/mol. The highest BCUT2D eigenvalue weighted by Crippen LogP contribution is 2.36. The number of carboxylic acids is 1. The lowest BCUT2D eigenvalue weighted by Crippen LogP contribution is -2.51. The van der Waals surface area contributed by atoms with Crippen LogP contribution in [0.2, 0.25) is 0 Å². The Morgan fingerprint density at radius 1 is 1.43 bits per heavy atom. The summed E-state index contributed by atoms with van der Waals surface area (Å²) in [6, 6.07) is 5.10. The maximum absolute atomic E-state index is 13.5. The van der Waals surface area contributed by atoms with E-state index in [1.807, 2.05) is 0 Å². The zero-order valence-electron chi connectivity index (χ0n) is 12.1. The Balaban J connectivity index is 1.67. The van der Waals surface area contributed by atoms with Crippen molar-refractivity contribution in [2.24, 2.45) is 0 Å². The molecule has 21 heavy (non-hydrogen) atoms. The standard InChI is InChI=1S/C16H20FNO3/c1-10-2-5-12(8-14(10)17)21-13-6-7-16(9-13,15(19)20)18-11-3-4-11/h2,5,8,11,13,18H,3-4,6-7,9H2,1H3,(H,19,20). The summed E-state index contributed by atoms with van der Waals surface area (Å²) in [5, 5.41) is 12.8. The molecule has 0 radical (unpaired) electrons. The van der Waals surface area contributed by atoms with Gasteiger partial charge in [-0.15, -0.1) is 0 Å². The molecule has 4 nitrogen and oxygen atoms in total. The smallest absolute Gasteiger partial charge is 0.324 e. The SMILES string of the molecule is Cc1ccc(OC2CCC(NC3CC3)(C(=O)O)C2)cc1F. The lowest BCUT2D eigenvalue weighted by molar-refractivity contribution is -0.145. The second-order valence-corrected chi connectivity index (χ2v) is 6.20. The predicted octanol–water partition coefficient (Wildman–Crippen LogP) is 2.64. The van der Waals surface area contributed by atoms with Crippen LogP contribution in [0.25, 0.3) is 0 Å². The molecule has 0 bridgehead atoms. The van der Waals surface area contributed by atoms with E-state index in [4.69, 9.17) is 4.74 Å². The first-order chi connectivity index (χ1) is 9.98. The minimum absolute atomic E-state index is 0.186. The van der Waals surface area contributed by atoms with Gasteiger partial charge in [0.1, 0.15) is 23.2 Å². The summed E-state index contributed by atoms with van der Waals surface area (Å²) in [7, 11) is 0. The molecule has 5 heteroatoms. The van der Waals surface area contributed by atoms with Gasteiger partial charge in [0, 0.05) is 18.5 Å². The molecule has 3 rings (SSSR count). The Bertz CT molecular complexity index is 558. The molecular formula is C16H20FNO3. The summed E-state index contributed by atoms with van der Waals surface area (Å²) in [6.45, 7) is 1.70. The summed E-state index contributed by atoms with van der Waals surface area (Å²) in [5.41, 5.74) is -0.307. The van der Waals surface area contributed by atoms with Crippen molar-refractivity contribution in [1.82, 2.24) is 5.32 Å². The molecule has 2 fully saturated rings. The summed E-state index contributed by atoms with van der Waals surface area (Å²) in [6.07, 6.45) is 3.55. The van der Waals surface area contributed by atoms with Crippen LogP contribution >= 0.6 is 0 Å². The third-order valence-corrected chi connectivity index (χ3v) is 4.38. The number of halogens is 1. The zero-order chi connectivity index (χ0) is 15.0. The maximum atomic E-state index is 13.5. The van der Waals surface area contributed by atoms with Crippen molar-refractivity contribution in [2.75, 3.05) is 0 Å². The molecule has 2 aliphatic carbocycles. The third-order valence-electron chi connectivity index (χ3n) is 4.38. The van der Waals surface area contributed by atoms with Crippen molar-refractivity contribution < 1.29 is 19.0 Å². The first-order valence-corrected chi connectivity index (χ1v) is 7.42. The van der Waals surface area contributed by atoms with Gasteiger partial charge in [-0.25, -0.2) is 4.39 Å². The van der Waals surface area contributed by atoms with Crippen molar-refractivity contribution in [3.63, 3.8) is 0 Å². The third kappa shape index (κ3) is 3.02. The van der Waals surface area contributed by atoms with Crippen molar-refractivity contribution in [2.45, 2.75) is 56.7 Å². The van der Waals surface area contributed by atoms with E-state index in [2.05, 4.69) is 5.32 Å². The monoisotopic (exact) mass is 293 g/mol. The van der Waals surface area contributed by atoms with E-state index in [1.54, 1.807) is 19.1 Å². The molecule has 2 N–H and O–H groups in total. The molecule has 2 saturated carbocycles. The van der Waals surface area contributed by atoms with Crippen LogP contribution in [-0.4, -0.2) is 28.8 Å². The minimum Gasteiger partial charge on any atom is -0.490 e. The van der Waals surface area contributed by atoms with Crippen LogP contribution in [0.3, 0.4) is 0 Å². The lowest BCUT2D eigenvalue weighted by atomic mass is 9.97. The van der Waals surface area contributed by atoms with Crippen LogP contribution in [0.4, 0.5) is 4.39 Å². The van der Waals surface area contributed by atoms with Gasteiger partial charge in [-0.3, -0.25) is 10.1 Å². The maximum Gasteiger partial charge on any atom is 0.324 e. The predicted molar refractivity (Wildman–Crippen MR) is 75.9 cm³/mol. The summed E-state index contributed by atoms with van der Waals surface area (Å²) < 4.78 is 19.3. The Hall–Kier alpha value is -1.62. The van der Waals surface area contributed by atoms with Crippen LogP contribution in [0.1, 0.15) is 37.7 Å². The van der Waals surface area contributed by atoms with Gasteiger partial charge in [0.25, 0.3) is 0 Å². The summed E-state index contributed by atoms with van der Waals surface area (Å²) in [4.78, 5) is 11.6. The number of ether oxygens (including phenoxy) is 1. The first kappa shape index (κ1) is 14.3. The molecule has 0 spiro atoms. The molecule has 1 aromatic rings. The van der Waals surface area contributed by atoms with Gasteiger partial charge in [-0.05, 0) is 44.2 Å². The second kappa shape index (κ2) is 5.30. The van der Waals surface area contributed by atoms with E-state index in [0.717, 1.165) is 12.8 Å². The topological polar surface area (TPSA) is 58.6 Å². The number of rotatable bonds is 5. The van der Waals surface area contributed by atoms with Crippen LogP contribution in [0.15, 0.2) is 18.2 Å². The number of carboxylic acid groups (broad SMARTS) is 1. The number of hydrogen-bond donors (Lipinski definition) is 2. The van der Waals surface area contributed by atoms with Crippen LogP contribution < -0.4 is 10.1 Å². The van der Waals surface area contributed by atoms with Gasteiger partial charge in [-0.1, -0.05) is 6.07 Å². The minimum atomic E-state index is -0.880. The fourth-order valence-electron chi connectivity index (χ4n) is 2.95. The molecule has 114 valence electrons. The fraction of sp³-hybridized carbons (Fsp3) is 0.562. The Labute approximate surface area is 123 Å². The number of carbonyl (C=O) groups is 1. The molecule has 0 aliphatic heterocycles. The van der Waals surface area contributed by atoms with E-state index in [1.165, 1.54) is 6.07 Å². The first-order valence-electron chi connectivity index (χ1n) is 7.42. The van der Waals surface area contributed by atoms with E-state index in [0.29, 0.717) is 36.6 Å². The Morgan fingerprint density at radius 3 is 2.81 bits per heavy atom. The number of aryl methyl sites for hydroxylation is 1. The molecule has 0 amide bonds. The largest absolute Gasteiger partial charge is 0.490 e. The average Bonchev–Trinajstić information content (AvgIpc) is 3.14. The molecule has 1 aromatic carbocycles. The van der Waals surface area contributed by atoms with Crippen molar-refractivity contribution >= 4 is 5.97 Å². The van der Waals surface area contributed by atoms with Gasteiger partial charge in [0.15, 0.2) is 0 Å². The van der Waals surface area contributed by atoms with E-state index >= 15 is 0 Å². The summed E-state index contributed by atoms with van der Waals surface area (Å²) >= 11 is 0. The average molecular weight is 293 g/mol. The van der Waals surface area contributed by atoms with Crippen LogP contribution in [0, 0.1) is 12.7 Å². The molecule has 2 atom stereocenters. The van der Waals surface area contributed by atoms with Gasteiger partial charge >= 0.3 is 5.97 Å². The van der Waals surface area contributed by atoms with Crippen molar-refractivity contribution in [3.8, 4) is 5.75 Å². The number of hydrogen-bond acceptors (Lipinski definition) is 3. The van der Waals surface area contributed by atoms with Crippen molar-refractivity contribution in [1.29, 1.82) is 0 Å². The quantitative estimate of drug-likeness (QED) is 0.876. The molecule has 2 unspecified atom stereocenters. The van der Waals surface area contributed by atoms with Gasteiger partial charge in [0.2, 0.25) is 0 Å². The van der Waals surface area contributed by atoms with Gasteiger partial charge < -0.3 is 9.84 Å². The Kier molecular flexibility index (Phi) is 3.61. The van der Waals surface area contributed by atoms with Gasteiger partial charge in [-0.2, -0.15) is 0 Å². The van der Waals surface area contributed by atoms with Crippen LogP contribution in [0.5, 0.6) is 5.75 Å². The normalized spacial score (nSPS) is 28.6.